The van der Waals surface area contributed by atoms with Gasteiger partial charge in [-0.15, -0.1) is 0 Å². The van der Waals surface area contributed by atoms with Crippen LogP contribution in [0.4, 0.5) is 5.82 Å². The van der Waals surface area contributed by atoms with Gasteiger partial charge in [0.15, 0.2) is 5.69 Å². The fourth-order valence-corrected chi connectivity index (χ4v) is 2.91. The predicted molar refractivity (Wildman–Crippen MR) is 102 cm³/mol. The number of nitrogens with one attached hydrogen (secondary N) is 2. The van der Waals surface area contributed by atoms with Crippen LogP contribution in [-0.4, -0.2) is 65.9 Å². The molecular weight excluding hydrogens is 346 g/mol. The van der Waals surface area contributed by atoms with Gasteiger partial charge in [-0.3, -0.25) is 19.2 Å². The third kappa shape index (κ3) is 5.63. The van der Waals surface area contributed by atoms with Gasteiger partial charge < -0.3 is 15.4 Å². The van der Waals surface area contributed by atoms with Crippen LogP contribution in [0.15, 0.2) is 36.4 Å². The van der Waals surface area contributed by atoms with Crippen LogP contribution in [0, 0.1) is 0 Å². The van der Waals surface area contributed by atoms with E-state index in [-0.39, 0.29) is 23.9 Å². The largest absolute Gasteiger partial charge is 0.379 e. The number of amides is 2. The first-order chi connectivity index (χ1) is 13.1. The summed E-state index contributed by atoms with van der Waals surface area (Å²) in [5.41, 5.74) is 1.22. The van der Waals surface area contributed by atoms with Gasteiger partial charge in [-0.05, 0) is 5.56 Å². The number of nitrogens with zero attached hydrogens (tertiary/aromatic N) is 3. The Labute approximate surface area is 158 Å². The molecule has 2 N–H and O–H groups in total. The molecule has 0 bridgehead atoms. The van der Waals surface area contributed by atoms with Crippen LogP contribution in [0.5, 0.6) is 0 Å². The van der Waals surface area contributed by atoms with E-state index in [0.29, 0.717) is 12.4 Å². The third-order valence-electron chi connectivity index (χ3n) is 4.40. The number of aromatic nitrogens is 2. The average Bonchev–Trinajstić information content (AvgIpc) is 3.04. The second-order valence-corrected chi connectivity index (χ2v) is 6.46. The first kappa shape index (κ1) is 19.1. The quantitative estimate of drug-likeness (QED) is 0.747. The van der Waals surface area contributed by atoms with Crippen LogP contribution in [0.2, 0.25) is 0 Å². The summed E-state index contributed by atoms with van der Waals surface area (Å²) in [5, 5.41) is 9.86. The molecule has 8 nitrogen and oxygen atoms in total. The summed E-state index contributed by atoms with van der Waals surface area (Å²) in [5.74, 6) is 0.0974. The van der Waals surface area contributed by atoms with E-state index in [1.807, 2.05) is 30.3 Å². The predicted octanol–water partition coefficient (Wildman–Crippen LogP) is 0.663. The van der Waals surface area contributed by atoms with Crippen molar-refractivity contribution in [3.63, 3.8) is 0 Å². The highest BCUT2D eigenvalue weighted by molar-refractivity contribution is 5.95. The summed E-state index contributed by atoms with van der Waals surface area (Å²) in [6.07, 6.45) is 0.271. The zero-order valence-corrected chi connectivity index (χ0v) is 15.5. The number of rotatable bonds is 7. The highest BCUT2D eigenvalue weighted by atomic mass is 16.5. The van der Waals surface area contributed by atoms with Gasteiger partial charge in [-0.1, -0.05) is 30.3 Å². The average molecular weight is 371 g/mol. The summed E-state index contributed by atoms with van der Waals surface area (Å²) >= 11 is 0. The molecule has 1 aromatic heterocycles. The lowest BCUT2D eigenvalue weighted by atomic mass is 10.1. The van der Waals surface area contributed by atoms with Crippen LogP contribution >= 0.6 is 0 Å². The number of carbonyl (C=O) groups is 2. The number of hydrogen-bond donors (Lipinski definition) is 2. The molecule has 2 amide bonds. The molecule has 0 saturated carbocycles. The zero-order valence-electron chi connectivity index (χ0n) is 15.5. The van der Waals surface area contributed by atoms with Crippen molar-refractivity contribution >= 4 is 17.6 Å². The van der Waals surface area contributed by atoms with E-state index in [0.717, 1.165) is 38.4 Å². The van der Waals surface area contributed by atoms with Crippen molar-refractivity contribution in [2.75, 3.05) is 44.7 Å². The maximum Gasteiger partial charge on any atom is 0.271 e. The fourth-order valence-electron chi connectivity index (χ4n) is 2.91. The molecule has 0 radical (unpaired) electrons. The van der Waals surface area contributed by atoms with Crippen molar-refractivity contribution in [1.29, 1.82) is 0 Å². The van der Waals surface area contributed by atoms with Crippen LogP contribution in [0.1, 0.15) is 16.1 Å². The molecule has 1 aromatic carbocycles. The van der Waals surface area contributed by atoms with E-state index in [4.69, 9.17) is 4.74 Å². The summed E-state index contributed by atoms with van der Waals surface area (Å²) in [6, 6.07) is 11.1. The molecule has 0 aliphatic carbocycles. The van der Waals surface area contributed by atoms with Crippen molar-refractivity contribution < 1.29 is 14.3 Å². The lowest BCUT2D eigenvalue weighted by molar-refractivity contribution is -0.115. The Hall–Kier alpha value is -2.71. The molecule has 1 aliphatic rings. The van der Waals surface area contributed by atoms with Gasteiger partial charge in [-0.25, -0.2) is 0 Å². The maximum absolute atomic E-state index is 12.3. The minimum absolute atomic E-state index is 0.150. The normalized spacial score (nSPS) is 14.7. The summed E-state index contributed by atoms with van der Waals surface area (Å²) in [6.45, 7) is 4.57. The van der Waals surface area contributed by atoms with Crippen molar-refractivity contribution in [2.45, 2.75) is 6.42 Å². The van der Waals surface area contributed by atoms with Gasteiger partial charge >= 0.3 is 0 Å². The second-order valence-electron chi connectivity index (χ2n) is 6.46. The standard InChI is InChI=1S/C19H25N5O3/c1-23-17(21-18(25)13-15-5-3-2-4-6-15)14-16(22-23)19(26)20-7-8-24-9-11-27-12-10-24/h2-6,14H,7-13H2,1H3,(H,20,26)(H,21,25). The molecule has 8 heteroatoms. The first-order valence-corrected chi connectivity index (χ1v) is 9.08. The fraction of sp³-hybridized carbons (Fsp3) is 0.421. The van der Waals surface area contributed by atoms with Gasteiger partial charge in [0.2, 0.25) is 5.91 Å². The smallest absolute Gasteiger partial charge is 0.271 e. The van der Waals surface area contributed by atoms with Crippen LogP contribution in [0.25, 0.3) is 0 Å². The molecule has 0 atom stereocenters. The molecule has 0 unspecified atom stereocenters. The lowest BCUT2D eigenvalue weighted by Crippen LogP contribution is -2.41. The maximum atomic E-state index is 12.3. The van der Waals surface area contributed by atoms with Crippen molar-refractivity contribution in [3.8, 4) is 0 Å². The van der Waals surface area contributed by atoms with Crippen molar-refractivity contribution in [2.24, 2.45) is 7.05 Å². The Morgan fingerprint density at radius 2 is 1.93 bits per heavy atom. The third-order valence-corrected chi connectivity index (χ3v) is 4.40. The minimum Gasteiger partial charge on any atom is -0.379 e. The second kappa shape index (κ2) is 9.29. The van der Waals surface area contributed by atoms with E-state index < -0.39 is 0 Å². The Balaban J connectivity index is 1.49. The number of carbonyl (C=O) groups excluding carboxylic acids is 2. The van der Waals surface area contributed by atoms with Gasteiger partial charge in [0, 0.05) is 39.3 Å². The first-order valence-electron chi connectivity index (χ1n) is 9.08. The molecule has 144 valence electrons. The number of morpholine rings is 1. The van der Waals surface area contributed by atoms with E-state index in [2.05, 4.69) is 20.6 Å². The number of hydrogen-bond acceptors (Lipinski definition) is 5. The minimum atomic E-state index is -0.248. The highest BCUT2D eigenvalue weighted by Gasteiger charge is 2.15. The number of aryl methyl sites for hydroxylation is 1. The van der Waals surface area contributed by atoms with Gasteiger partial charge in [0.1, 0.15) is 5.82 Å². The number of anilines is 1. The molecule has 1 saturated heterocycles. The number of benzene rings is 1. The molecule has 3 rings (SSSR count). The molecule has 27 heavy (non-hydrogen) atoms. The van der Waals surface area contributed by atoms with Crippen LogP contribution < -0.4 is 10.6 Å². The van der Waals surface area contributed by atoms with E-state index in [9.17, 15) is 9.59 Å². The van der Waals surface area contributed by atoms with Gasteiger partial charge in [-0.2, -0.15) is 5.10 Å². The van der Waals surface area contributed by atoms with Gasteiger partial charge in [0.25, 0.3) is 5.91 Å². The van der Waals surface area contributed by atoms with Crippen LogP contribution in [-0.2, 0) is 23.0 Å². The summed E-state index contributed by atoms with van der Waals surface area (Å²) in [7, 11) is 1.70. The molecule has 2 aromatic rings. The Kier molecular flexibility index (Phi) is 6.56. The van der Waals surface area contributed by atoms with E-state index in [1.165, 1.54) is 4.68 Å². The summed E-state index contributed by atoms with van der Waals surface area (Å²) in [4.78, 5) is 26.7. The lowest BCUT2D eigenvalue weighted by Gasteiger charge is -2.26. The zero-order chi connectivity index (χ0) is 19.1. The van der Waals surface area contributed by atoms with E-state index in [1.54, 1.807) is 13.1 Å². The molecular formula is C19H25N5O3. The van der Waals surface area contributed by atoms with Crippen molar-refractivity contribution in [1.82, 2.24) is 20.0 Å². The summed E-state index contributed by atoms with van der Waals surface area (Å²) < 4.78 is 6.80. The monoisotopic (exact) mass is 371 g/mol. The van der Waals surface area contributed by atoms with Crippen molar-refractivity contribution in [3.05, 3.63) is 47.7 Å². The molecule has 1 fully saturated rings. The molecule has 0 spiro atoms. The van der Waals surface area contributed by atoms with E-state index >= 15 is 0 Å². The molecule has 1 aliphatic heterocycles. The van der Waals surface area contributed by atoms with Crippen LogP contribution in [0.3, 0.4) is 0 Å². The SMILES string of the molecule is Cn1nc(C(=O)NCCN2CCOCC2)cc1NC(=O)Cc1ccccc1. The molecule has 2 heterocycles. The Morgan fingerprint density at radius 3 is 2.67 bits per heavy atom. The Bertz CT molecular complexity index is 769. The van der Waals surface area contributed by atoms with Gasteiger partial charge in [0.05, 0.1) is 19.6 Å². The number of ether oxygens (including phenoxy) is 1. The highest BCUT2D eigenvalue weighted by Crippen LogP contribution is 2.10. The Morgan fingerprint density at radius 1 is 1.19 bits per heavy atom. The topological polar surface area (TPSA) is 88.5 Å².